The van der Waals surface area contributed by atoms with Crippen LogP contribution < -0.4 is 0 Å². The summed E-state index contributed by atoms with van der Waals surface area (Å²) in [6, 6.07) is 0. The standard InChI is InChI=1S/C7H12O3/c1-6(4-5-8)7(9-2)10-3/h4-5,7H,1-3H3/b6-4-. The molecule has 0 fully saturated rings. The summed E-state index contributed by atoms with van der Waals surface area (Å²) in [7, 11) is 3.05. The van der Waals surface area contributed by atoms with Crippen LogP contribution in [-0.2, 0) is 14.3 Å². The van der Waals surface area contributed by atoms with E-state index in [0.29, 0.717) is 6.29 Å². The number of allylic oxidation sites excluding steroid dienone is 1. The van der Waals surface area contributed by atoms with Crippen molar-refractivity contribution < 1.29 is 14.3 Å². The van der Waals surface area contributed by atoms with Crippen LogP contribution >= 0.6 is 0 Å². The topological polar surface area (TPSA) is 35.5 Å². The first-order valence-electron chi connectivity index (χ1n) is 2.93. The Balaban J connectivity index is 3.99. The van der Waals surface area contributed by atoms with E-state index < -0.39 is 6.29 Å². The number of carbonyl (C=O) groups is 1. The molecule has 0 spiro atoms. The minimum absolute atomic E-state index is 0.398. The Morgan fingerprint density at radius 3 is 2.20 bits per heavy atom. The molecule has 0 aromatic heterocycles. The Labute approximate surface area is 60.6 Å². The number of aldehydes is 1. The van der Waals surface area contributed by atoms with Crippen molar-refractivity contribution >= 4 is 6.29 Å². The minimum atomic E-state index is -0.398. The lowest BCUT2D eigenvalue weighted by molar-refractivity contribution is -0.104. The third-order valence-electron chi connectivity index (χ3n) is 1.13. The van der Waals surface area contributed by atoms with Crippen LogP contribution in [0.1, 0.15) is 6.92 Å². The van der Waals surface area contributed by atoms with Gasteiger partial charge in [0.05, 0.1) is 0 Å². The summed E-state index contributed by atoms with van der Waals surface area (Å²) in [5.41, 5.74) is 0.764. The molecule has 0 aliphatic rings. The minimum Gasteiger partial charge on any atom is -0.352 e. The van der Waals surface area contributed by atoms with Crippen molar-refractivity contribution in [1.29, 1.82) is 0 Å². The van der Waals surface area contributed by atoms with E-state index in [1.165, 1.54) is 20.3 Å². The monoisotopic (exact) mass is 144 g/mol. The molecule has 10 heavy (non-hydrogen) atoms. The van der Waals surface area contributed by atoms with Gasteiger partial charge < -0.3 is 9.47 Å². The molecule has 0 saturated heterocycles. The van der Waals surface area contributed by atoms with Gasteiger partial charge in [-0.15, -0.1) is 0 Å². The average molecular weight is 144 g/mol. The van der Waals surface area contributed by atoms with Gasteiger partial charge in [0.1, 0.15) is 6.29 Å². The second-order valence-electron chi connectivity index (χ2n) is 1.85. The van der Waals surface area contributed by atoms with Gasteiger partial charge in [-0.1, -0.05) is 0 Å². The van der Waals surface area contributed by atoms with Crippen molar-refractivity contribution in [2.75, 3.05) is 14.2 Å². The largest absolute Gasteiger partial charge is 0.352 e. The van der Waals surface area contributed by atoms with Crippen molar-refractivity contribution in [2.24, 2.45) is 0 Å². The molecule has 0 bridgehead atoms. The van der Waals surface area contributed by atoms with E-state index >= 15 is 0 Å². The number of ether oxygens (including phenoxy) is 2. The van der Waals surface area contributed by atoms with Crippen LogP contribution in [0.2, 0.25) is 0 Å². The SMILES string of the molecule is COC(OC)/C(C)=C\C=O. The molecule has 0 radical (unpaired) electrons. The fourth-order valence-corrected chi connectivity index (χ4v) is 0.654. The lowest BCUT2D eigenvalue weighted by Gasteiger charge is -2.12. The Hall–Kier alpha value is -0.670. The molecular formula is C7H12O3. The van der Waals surface area contributed by atoms with Gasteiger partial charge in [0, 0.05) is 14.2 Å². The summed E-state index contributed by atoms with van der Waals surface area (Å²) in [6.45, 7) is 1.77. The number of hydrogen-bond donors (Lipinski definition) is 0. The first kappa shape index (κ1) is 9.33. The molecule has 0 aliphatic heterocycles. The third-order valence-corrected chi connectivity index (χ3v) is 1.13. The molecule has 0 aliphatic carbocycles. The predicted octanol–water partition coefficient (Wildman–Crippen LogP) is 0.750. The number of hydrogen-bond acceptors (Lipinski definition) is 3. The summed E-state index contributed by atoms with van der Waals surface area (Å²) in [5.74, 6) is 0. The molecule has 0 N–H and O–H groups in total. The van der Waals surface area contributed by atoms with Crippen LogP contribution in [0.5, 0.6) is 0 Å². The number of rotatable bonds is 4. The summed E-state index contributed by atoms with van der Waals surface area (Å²) < 4.78 is 9.73. The molecule has 0 aromatic rings. The molecular weight excluding hydrogens is 132 g/mol. The summed E-state index contributed by atoms with van der Waals surface area (Å²) in [4.78, 5) is 9.96. The Kier molecular flexibility index (Phi) is 4.80. The zero-order valence-electron chi connectivity index (χ0n) is 6.46. The fourth-order valence-electron chi connectivity index (χ4n) is 0.654. The average Bonchev–Trinajstić information content (AvgIpc) is 1.91. The molecule has 3 nitrogen and oxygen atoms in total. The molecule has 0 aromatic carbocycles. The molecule has 0 atom stereocenters. The first-order valence-corrected chi connectivity index (χ1v) is 2.93. The third kappa shape index (κ3) is 2.75. The molecule has 0 unspecified atom stereocenters. The first-order chi connectivity index (χ1) is 4.76. The number of carbonyl (C=O) groups excluding carboxylic acids is 1. The maximum atomic E-state index is 9.96. The zero-order chi connectivity index (χ0) is 7.98. The second-order valence-corrected chi connectivity index (χ2v) is 1.85. The normalized spacial score (nSPS) is 12.2. The van der Waals surface area contributed by atoms with Crippen molar-refractivity contribution in [3.63, 3.8) is 0 Å². The van der Waals surface area contributed by atoms with Gasteiger partial charge in [0.25, 0.3) is 0 Å². The van der Waals surface area contributed by atoms with Gasteiger partial charge >= 0.3 is 0 Å². The van der Waals surface area contributed by atoms with Crippen LogP contribution in [0, 0.1) is 0 Å². The fraction of sp³-hybridized carbons (Fsp3) is 0.571. The van der Waals surface area contributed by atoms with Crippen LogP contribution in [0.25, 0.3) is 0 Å². The smallest absolute Gasteiger partial charge is 0.179 e. The van der Waals surface area contributed by atoms with E-state index in [0.717, 1.165) is 5.57 Å². The van der Waals surface area contributed by atoms with E-state index in [2.05, 4.69) is 0 Å². The molecule has 3 heteroatoms. The van der Waals surface area contributed by atoms with Crippen molar-refractivity contribution in [2.45, 2.75) is 13.2 Å². The lowest BCUT2D eigenvalue weighted by Crippen LogP contribution is -2.14. The Morgan fingerprint density at radius 1 is 1.40 bits per heavy atom. The highest BCUT2D eigenvalue weighted by Crippen LogP contribution is 2.03. The zero-order valence-corrected chi connectivity index (χ0v) is 6.46. The van der Waals surface area contributed by atoms with Gasteiger partial charge in [-0.3, -0.25) is 4.79 Å². The van der Waals surface area contributed by atoms with Crippen LogP contribution in [0.4, 0.5) is 0 Å². The second kappa shape index (κ2) is 5.14. The van der Waals surface area contributed by atoms with Gasteiger partial charge in [-0.25, -0.2) is 0 Å². The maximum absolute atomic E-state index is 9.96. The van der Waals surface area contributed by atoms with Gasteiger partial charge in [-0.05, 0) is 18.6 Å². The van der Waals surface area contributed by atoms with Gasteiger partial charge in [0.2, 0.25) is 0 Å². The highest BCUT2D eigenvalue weighted by atomic mass is 16.7. The van der Waals surface area contributed by atoms with Crippen LogP contribution in [0.15, 0.2) is 11.6 Å². The van der Waals surface area contributed by atoms with Crippen molar-refractivity contribution in [1.82, 2.24) is 0 Å². The summed E-state index contributed by atoms with van der Waals surface area (Å²) in [6.07, 6.45) is 1.73. The maximum Gasteiger partial charge on any atom is 0.179 e. The lowest BCUT2D eigenvalue weighted by atomic mass is 10.3. The Morgan fingerprint density at radius 2 is 1.90 bits per heavy atom. The van der Waals surface area contributed by atoms with Crippen molar-refractivity contribution in [3.05, 3.63) is 11.6 Å². The Bertz CT molecular complexity index is 125. The van der Waals surface area contributed by atoms with E-state index in [1.807, 2.05) is 0 Å². The molecule has 0 amide bonds. The van der Waals surface area contributed by atoms with E-state index in [-0.39, 0.29) is 0 Å². The predicted molar refractivity (Wildman–Crippen MR) is 37.6 cm³/mol. The molecule has 0 heterocycles. The molecule has 0 rings (SSSR count). The highest BCUT2D eigenvalue weighted by molar-refractivity contribution is 5.66. The highest BCUT2D eigenvalue weighted by Gasteiger charge is 2.05. The molecule has 0 saturated carbocycles. The quantitative estimate of drug-likeness (QED) is 0.332. The van der Waals surface area contributed by atoms with E-state index in [1.54, 1.807) is 6.92 Å². The van der Waals surface area contributed by atoms with E-state index in [9.17, 15) is 4.79 Å². The van der Waals surface area contributed by atoms with Gasteiger partial charge in [-0.2, -0.15) is 0 Å². The van der Waals surface area contributed by atoms with Crippen LogP contribution in [0.3, 0.4) is 0 Å². The summed E-state index contributed by atoms with van der Waals surface area (Å²) in [5, 5.41) is 0. The van der Waals surface area contributed by atoms with Crippen LogP contribution in [-0.4, -0.2) is 26.8 Å². The summed E-state index contributed by atoms with van der Waals surface area (Å²) >= 11 is 0. The van der Waals surface area contributed by atoms with Gasteiger partial charge in [0.15, 0.2) is 6.29 Å². The molecule has 58 valence electrons. The number of methoxy groups -OCH3 is 2. The van der Waals surface area contributed by atoms with Crippen molar-refractivity contribution in [3.8, 4) is 0 Å². The van der Waals surface area contributed by atoms with E-state index in [4.69, 9.17) is 9.47 Å².